The summed E-state index contributed by atoms with van der Waals surface area (Å²) in [7, 11) is 0. The number of nitrogens with zero attached hydrogens (tertiary/aromatic N) is 3. The average molecular weight is 247 g/mol. The van der Waals surface area contributed by atoms with Crippen molar-refractivity contribution in [2.45, 2.75) is 6.92 Å². The van der Waals surface area contributed by atoms with E-state index in [0.29, 0.717) is 0 Å². The van der Waals surface area contributed by atoms with Gasteiger partial charge in [-0.3, -0.25) is 4.98 Å². The van der Waals surface area contributed by atoms with Crippen LogP contribution in [0.1, 0.15) is 5.69 Å². The van der Waals surface area contributed by atoms with Gasteiger partial charge in [0.2, 0.25) is 0 Å². The molecule has 1 aromatic carbocycles. The highest BCUT2D eigenvalue weighted by molar-refractivity contribution is 5.65. The standard InChI is InChI=1S/C16H13N3/c1-12-7-9-16(19-18-12)15-10-8-14(11-17-15)13-5-3-2-4-6-13/h2-11H,1H3. The van der Waals surface area contributed by atoms with Crippen LogP contribution in [-0.4, -0.2) is 15.2 Å². The fraction of sp³-hybridized carbons (Fsp3) is 0.0625. The zero-order chi connectivity index (χ0) is 13.1. The summed E-state index contributed by atoms with van der Waals surface area (Å²) in [6.07, 6.45) is 1.87. The number of benzene rings is 1. The second kappa shape index (κ2) is 4.98. The lowest BCUT2D eigenvalue weighted by molar-refractivity contribution is 0.981. The fourth-order valence-corrected chi connectivity index (χ4v) is 1.88. The minimum Gasteiger partial charge on any atom is -0.254 e. The highest BCUT2D eigenvalue weighted by atomic mass is 15.1. The summed E-state index contributed by atoms with van der Waals surface area (Å²) in [5, 5.41) is 8.18. The molecular weight excluding hydrogens is 234 g/mol. The van der Waals surface area contributed by atoms with E-state index in [-0.39, 0.29) is 0 Å². The molecule has 0 spiro atoms. The molecule has 0 N–H and O–H groups in total. The average Bonchev–Trinajstić information content (AvgIpc) is 2.49. The normalized spacial score (nSPS) is 10.4. The van der Waals surface area contributed by atoms with Crippen molar-refractivity contribution < 1.29 is 0 Å². The molecule has 0 unspecified atom stereocenters. The number of hydrogen-bond donors (Lipinski definition) is 0. The van der Waals surface area contributed by atoms with Gasteiger partial charge in [-0.1, -0.05) is 36.4 Å². The molecule has 0 radical (unpaired) electrons. The van der Waals surface area contributed by atoms with Crippen LogP contribution in [0.4, 0.5) is 0 Å². The third-order valence-corrected chi connectivity index (χ3v) is 2.93. The first-order valence-electron chi connectivity index (χ1n) is 6.15. The molecule has 0 saturated carbocycles. The highest BCUT2D eigenvalue weighted by Gasteiger charge is 2.02. The molecule has 0 bridgehead atoms. The smallest absolute Gasteiger partial charge is 0.111 e. The molecule has 0 amide bonds. The van der Waals surface area contributed by atoms with Crippen molar-refractivity contribution in [1.29, 1.82) is 0 Å². The van der Waals surface area contributed by atoms with Crippen molar-refractivity contribution in [2.75, 3.05) is 0 Å². The fourth-order valence-electron chi connectivity index (χ4n) is 1.88. The van der Waals surface area contributed by atoms with Gasteiger partial charge in [0.25, 0.3) is 0 Å². The summed E-state index contributed by atoms with van der Waals surface area (Å²) in [6.45, 7) is 1.92. The lowest BCUT2D eigenvalue weighted by Gasteiger charge is -2.03. The lowest BCUT2D eigenvalue weighted by atomic mass is 10.1. The molecule has 0 saturated heterocycles. The number of hydrogen-bond acceptors (Lipinski definition) is 3. The molecule has 2 heterocycles. The molecule has 0 aliphatic heterocycles. The molecule has 92 valence electrons. The molecule has 3 nitrogen and oxygen atoms in total. The van der Waals surface area contributed by atoms with E-state index in [1.807, 2.05) is 49.5 Å². The number of aryl methyl sites for hydroxylation is 1. The molecule has 0 aliphatic carbocycles. The van der Waals surface area contributed by atoms with Gasteiger partial charge < -0.3 is 0 Å². The van der Waals surface area contributed by atoms with E-state index in [0.717, 1.165) is 28.2 Å². The van der Waals surface area contributed by atoms with Crippen molar-refractivity contribution >= 4 is 0 Å². The number of pyridine rings is 1. The largest absolute Gasteiger partial charge is 0.254 e. The lowest BCUT2D eigenvalue weighted by Crippen LogP contribution is -1.91. The zero-order valence-electron chi connectivity index (χ0n) is 10.6. The van der Waals surface area contributed by atoms with Crippen molar-refractivity contribution in [3.8, 4) is 22.5 Å². The third-order valence-electron chi connectivity index (χ3n) is 2.93. The topological polar surface area (TPSA) is 38.7 Å². The quantitative estimate of drug-likeness (QED) is 0.695. The predicted molar refractivity (Wildman–Crippen MR) is 75.4 cm³/mol. The Morgan fingerprint density at radius 2 is 1.47 bits per heavy atom. The first-order valence-corrected chi connectivity index (χ1v) is 6.15. The van der Waals surface area contributed by atoms with Gasteiger partial charge in [-0.15, -0.1) is 5.10 Å². The van der Waals surface area contributed by atoms with Crippen LogP contribution in [0.25, 0.3) is 22.5 Å². The Kier molecular flexibility index (Phi) is 3.02. The maximum atomic E-state index is 4.45. The van der Waals surface area contributed by atoms with E-state index in [2.05, 4.69) is 33.4 Å². The molecule has 19 heavy (non-hydrogen) atoms. The van der Waals surface area contributed by atoms with Gasteiger partial charge in [0.05, 0.1) is 11.4 Å². The first-order chi connectivity index (χ1) is 9.33. The SMILES string of the molecule is Cc1ccc(-c2ccc(-c3ccccc3)cn2)nn1. The summed E-state index contributed by atoms with van der Waals surface area (Å²) < 4.78 is 0. The van der Waals surface area contributed by atoms with Gasteiger partial charge in [0, 0.05) is 11.8 Å². The van der Waals surface area contributed by atoms with Gasteiger partial charge in [-0.25, -0.2) is 0 Å². The molecule has 3 aromatic rings. The van der Waals surface area contributed by atoms with E-state index in [9.17, 15) is 0 Å². The maximum Gasteiger partial charge on any atom is 0.111 e. The molecular formula is C16H13N3. The van der Waals surface area contributed by atoms with Crippen LogP contribution in [0.3, 0.4) is 0 Å². The van der Waals surface area contributed by atoms with Gasteiger partial charge in [0.15, 0.2) is 0 Å². The van der Waals surface area contributed by atoms with Crippen molar-refractivity contribution in [3.05, 3.63) is 66.5 Å². The number of aromatic nitrogens is 3. The van der Waals surface area contributed by atoms with Crippen LogP contribution in [0, 0.1) is 6.92 Å². The Bertz CT molecular complexity index is 659. The summed E-state index contributed by atoms with van der Waals surface area (Å²) in [6, 6.07) is 18.1. The van der Waals surface area contributed by atoms with E-state index in [1.54, 1.807) is 0 Å². The molecule has 3 heteroatoms. The van der Waals surface area contributed by atoms with Crippen LogP contribution in [0.2, 0.25) is 0 Å². The predicted octanol–water partition coefficient (Wildman–Crippen LogP) is 3.51. The maximum absolute atomic E-state index is 4.45. The summed E-state index contributed by atoms with van der Waals surface area (Å²) in [4.78, 5) is 4.45. The van der Waals surface area contributed by atoms with Crippen LogP contribution < -0.4 is 0 Å². The van der Waals surface area contributed by atoms with Crippen LogP contribution in [-0.2, 0) is 0 Å². The van der Waals surface area contributed by atoms with Crippen molar-refractivity contribution in [3.63, 3.8) is 0 Å². The molecule has 0 aliphatic rings. The molecule has 0 fully saturated rings. The summed E-state index contributed by atoms with van der Waals surface area (Å²) >= 11 is 0. The molecule has 2 aromatic heterocycles. The van der Waals surface area contributed by atoms with Crippen LogP contribution in [0.15, 0.2) is 60.8 Å². The van der Waals surface area contributed by atoms with Crippen molar-refractivity contribution in [1.82, 2.24) is 15.2 Å². The van der Waals surface area contributed by atoms with Gasteiger partial charge >= 0.3 is 0 Å². The van der Waals surface area contributed by atoms with E-state index < -0.39 is 0 Å². The third kappa shape index (κ3) is 2.50. The Balaban J connectivity index is 1.93. The van der Waals surface area contributed by atoms with Gasteiger partial charge in [0.1, 0.15) is 5.69 Å². The minimum atomic E-state index is 0.796. The first kappa shape index (κ1) is 11.5. The van der Waals surface area contributed by atoms with Crippen LogP contribution >= 0.6 is 0 Å². The summed E-state index contributed by atoms with van der Waals surface area (Å²) in [5.41, 5.74) is 4.81. The monoisotopic (exact) mass is 247 g/mol. The Labute approximate surface area is 112 Å². The van der Waals surface area contributed by atoms with Gasteiger partial charge in [-0.05, 0) is 30.7 Å². The van der Waals surface area contributed by atoms with E-state index >= 15 is 0 Å². The Morgan fingerprint density at radius 1 is 0.684 bits per heavy atom. The Hall–Kier alpha value is -2.55. The zero-order valence-corrected chi connectivity index (χ0v) is 10.6. The summed E-state index contributed by atoms with van der Waals surface area (Å²) in [5.74, 6) is 0. The Morgan fingerprint density at radius 3 is 2.11 bits per heavy atom. The minimum absolute atomic E-state index is 0.796. The van der Waals surface area contributed by atoms with Crippen molar-refractivity contribution in [2.24, 2.45) is 0 Å². The second-order valence-corrected chi connectivity index (χ2v) is 4.36. The van der Waals surface area contributed by atoms with E-state index in [1.165, 1.54) is 0 Å². The second-order valence-electron chi connectivity index (χ2n) is 4.36. The van der Waals surface area contributed by atoms with E-state index in [4.69, 9.17) is 0 Å². The van der Waals surface area contributed by atoms with Crippen LogP contribution in [0.5, 0.6) is 0 Å². The highest BCUT2D eigenvalue weighted by Crippen LogP contribution is 2.20. The molecule has 3 rings (SSSR count). The van der Waals surface area contributed by atoms with Gasteiger partial charge in [-0.2, -0.15) is 5.10 Å². The number of rotatable bonds is 2. The molecule has 0 atom stereocenters.